The number of carbonyl (C=O) groups excluding carboxylic acids is 1. The van der Waals surface area contributed by atoms with E-state index in [0.29, 0.717) is 11.3 Å². The Labute approximate surface area is 109 Å². The van der Waals surface area contributed by atoms with Gasteiger partial charge in [0.05, 0.1) is 23.0 Å². The highest BCUT2D eigenvalue weighted by Gasteiger charge is 2.13. The molecule has 0 atom stereocenters. The summed E-state index contributed by atoms with van der Waals surface area (Å²) in [5.74, 6) is -0.505. The van der Waals surface area contributed by atoms with E-state index in [-0.39, 0.29) is 0 Å². The number of benzene rings is 1. The molecule has 1 amide bonds. The van der Waals surface area contributed by atoms with Crippen LogP contribution in [0.1, 0.15) is 10.4 Å². The monoisotopic (exact) mass is 252 g/mol. The number of primary amides is 1. The van der Waals surface area contributed by atoms with Gasteiger partial charge in [0.25, 0.3) is 5.91 Å². The maximum Gasteiger partial charge on any atom is 0.252 e. The van der Waals surface area contributed by atoms with Gasteiger partial charge in [-0.25, -0.2) is 4.52 Å². The molecule has 0 aliphatic carbocycles. The number of rotatable bonds is 3. The molecule has 3 N–H and O–H groups in total. The Hall–Kier alpha value is -2.82. The Morgan fingerprint density at radius 1 is 1.16 bits per heavy atom. The van der Waals surface area contributed by atoms with Crippen LogP contribution in [0.2, 0.25) is 0 Å². The molecule has 1 aromatic carbocycles. The van der Waals surface area contributed by atoms with E-state index in [9.17, 15) is 4.79 Å². The second kappa shape index (κ2) is 4.45. The van der Waals surface area contributed by atoms with E-state index in [2.05, 4.69) is 10.4 Å². The number of carbonyl (C=O) groups is 1. The Morgan fingerprint density at radius 3 is 2.68 bits per heavy atom. The second-order valence-corrected chi connectivity index (χ2v) is 4.13. The van der Waals surface area contributed by atoms with Crippen LogP contribution in [0.25, 0.3) is 5.52 Å². The molecule has 5 heteroatoms. The molecule has 19 heavy (non-hydrogen) atoms. The third-order valence-electron chi connectivity index (χ3n) is 2.87. The number of aromatic nitrogens is 2. The summed E-state index contributed by atoms with van der Waals surface area (Å²) in [7, 11) is 0. The van der Waals surface area contributed by atoms with Crippen LogP contribution in [0.5, 0.6) is 0 Å². The number of para-hydroxylation sites is 1. The number of hydrogen-bond acceptors (Lipinski definition) is 3. The standard InChI is InChI=1S/C14H12N4O/c15-14(19)11-9-16-18-8-4-7-12(18)13(11)17-10-5-2-1-3-6-10/h1-9,17H,(H2,15,19). The Morgan fingerprint density at radius 2 is 1.95 bits per heavy atom. The first-order valence-corrected chi connectivity index (χ1v) is 5.84. The highest BCUT2D eigenvalue weighted by Crippen LogP contribution is 2.25. The predicted molar refractivity (Wildman–Crippen MR) is 73.4 cm³/mol. The summed E-state index contributed by atoms with van der Waals surface area (Å²) in [6.07, 6.45) is 3.29. The predicted octanol–water partition coefficient (Wildman–Crippen LogP) is 2.18. The summed E-state index contributed by atoms with van der Waals surface area (Å²) in [6.45, 7) is 0. The zero-order valence-corrected chi connectivity index (χ0v) is 10.1. The lowest BCUT2D eigenvalue weighted by atomic mass is 10.2. The van der Waals surface area contributed by atoms with Gasteiger partial charge < -0.3 is 11.1 Å². The van der Waals surface area contributed by atoms with Crippen molar-refractivity contribution in [3.8, 4) is 0 Å². The van der Waals surface area contributed by atoms with Gasteiger partial charge in [-0.1, -0.05) is 18.2 Å². The summed E-state index contributed by atoms with van der Waals surface area (Å²) >= 11 is 0. The van der Waals surface area contributed by atoms with Gasteiger partial charge >= 0.3 is 0 Å². The third kappa shape index (κ3) is 2.01. The molecule has 0 fully saturated rings. The van der Waals surface area contributed by atoms with E-state index in [4.69, 9.17) is 5.73 Å². The lowest BCUT2D eigenvalue weighted by molar-refractivity contribution is 0.100. The van der Waals surface area contributed by atoms with E-state index in [1.807, 2.05) is 48.7 Å². The number of nitrogens with zero attached hydrogens (tertiary/aromatic N) is 2. The Kier molecular flexibility index (Phi) is 2.64. The summed E-state index contributed by atoms with van der Waals surface area (Å²) in [6, 6.07) is 13.4. The lowest BCUT2D eigenvalue weighted by Gasteiger charge is -2.11. The SMILES string of the molecule is NC(=O)c1cnn2cccc2c1Nc1ccccc1. The van der Waals surface area contributed by atoms with Gasteiger partial charge in [-0.2, -0.15) is 5.10 Å². The molecule has 0 saturated heterocycles. The number of amides is 1. The molecule has 0 saturated carbocycles. The summed E-state index contributed by atoms with van der Waals surface area (Å²) in [5.41, 5.74) is 8.13. The number of anilines is 2. The lowest BCUT2D eigenvalue weighted by Crippen LogP contribution is -2.15. The van der Waals surface area contributed by atoms with Crippen LogP contribution in [0.4, 0.5) is 11.4 Å². The van der Waals surface area contributed by atoms with E-state index in [0.717, 1.165) is 11.2 Å². The van der Waals surface area contributed by atoms with E-state index in [1.54, 1.807) is 4.52 Å². The van der Waals surface area contributed by atoms with E-state index >= 15 is 0 Å². The molecular weight excluding hydrogens is 240 g/mol. The molecule has 5 nitrogen and oxygen atoms in total. The van der Waals surface area contributed by atoms with Gasteiger partial charge in [-0.3, -0.25) is 4.79 Å². The van der Waals surface area contributed by atoms with Crippen LogP contribution in [-0.4, -0.2) is 15.5 Å². The van der Waals surface area contributed by atoms with Crippen LogP contribution >= 0.6 is 0 Å². The second-order valence-electron chi connectivity index (χ2n) is 4.13. The molecule has 3 aromatic rings. The third-order valence-corrected chi connectivity index (χ3v) is 2.87. The van der Waals surface area contributed by atoms with Crippen LogP contribution in [0, 0.1) is 0 Å². The first-order valence-electron chi connectivity index (χ1n) is 5.84. The fraction of sp³-hybridized carbons (Fsp3) is 0. The van der Waals surface area contributed by atoms with E-state index in [1.165, 1.54) is 6.20 Å². The molecule has 0 unspecified atom stereocenters. The smallest absolute Gasteiger partial charge is 0.252 e. The minimum absolute atomic E-state index is 0.370. The molecule has 0 radical (unpaired) electrons. The quantitative estimate of drug-likeness (QED) is 0.750. The van der Waals surface area contributed by atoms with Crippen LogP contribution in [0.3, 0.4) is 0 Å². The minimum Gasteiger partial charge on any atom is -0.365 e. The van der Waals surface area contributed by atoms with Crippen LogP contribution in [-0.2, 0) is 0 Å². The van der Waals surface area contributed by atoms with Gasteiger partial charge in [-0.15, -0.1) is 0 Å². The molecule has 94 valence electrons. The molecular formula is C14H12N4O. The van der Waals surface area contributed by atoms with Crippen molar-refractivity contribution in [3.05, 3.63) is 60.4 Å². The molecule has 0 aliphatic heterocycles. The van der Waals surface area contributed by atoms with Crippen LogP contribution < -0.4 is 11.1 Å². The van der Waals surface area contributed by atoms with Crippen LogP contribution in [0.15, 0.2) is 54.9 Å². The number of fused-ring (bicyclic) bond motifs is 1. The molecule has 2 aromatic heterocycles. The van der Waals surface area contributed by atoms with Gasteiger partial charge in [-0.05, 0) is 24.3 Å². The number of hydrogen-bond donors (Lipinski definition) is 2. The van der Waals surface area contributed by atoms with Gasteiger partial charge in [0.15, 0.2) is 0 Å². The Bertz CT molecular complexity index is 734. The first-order chi connectivity index (χ1) is 9.25. The van der Waals surface area contributed by atoms with Crippen molar-refractivity contribution in [1.29, 1.82) is 0 Å². The van der Waals surface area contributed by atoms with E-state index < -0.39 is 5.91 Å². The topological polar surface area (TPSA) is 72.4 Å². The summed E-state index contributed by atoms with van der Waals surface area (Å²) in [5, 5.41) is 7.36. The zero-order chi connectivity index (χ0) is 13.2. The largest absolute Gasteiger partial charge is 0.365 e. The maximum atomic E-state index is 11.5. The molecule has 0 bridgehead atoms. The van der Waals surface area contributed by atoms with Crippen molar-refractivity contribution < 1.29 is 4.79 Å². The van der Waals surface area contributed by atoms with Gasteiger partial charge in [0, 0.05) is 11.9 Å². The number of nitrogens with two attached hydrogens (primary N) is 1. The van der Waals surface area contributed by atoms with Crippen molar-refractivity contribution in [2.24, 2.45) is 5.73 Å². The summed E-state index contributed by atoms with van der Waals surface area (Å²) < 4.78 is 1.69. The molecule has 2 heterocycles. The Balaban J connectivity index is 2.16. The molecule has 3 rings (SSSR count). The van der Waals surface area contributed by atoms with Crippen molar-refractivity contribution >= 4 is 22.8 Å². The minimum atomic E-state index is -0.505. The van der Waals surface area contributed by atoms with Gasteiger partial charge in [0.1, 0.15) is 0 Å². The molecule has 0 spiro atoms. The average molecular weight is 252 g/mol. The van der Waals surface area contributed by atoms with Crippen molar-refractivity contribution in [2.75, 3.05) is 5.32 Å². The highest BCUT2D eigenvalue weighted by atomic mass is 16.1. The maximum absolute atomic E-state index is 11.5. The van der Waals surface area contributed by atoms with Crippen molar-refractivity contribution in [3.63, 3.8) is 0 Å². The summed E-state index contributed by atoms with van der Waals surface area (Å²) in [4.78, 5) is 11.5. The normalized spacial score (nSPS) is 10.5. The first kappa shape index (κ1) is 11.3. The average Bonchev–Trinajstić information content (AvgIpc) is 2.88. The molecule has 0 aliphatic rings. The fourth-order valence-electron chi connectivity index (χ4n) is 1.98. The number of nitrogens with one attached hydrogen (secondary N) is 1. The van der Waals surface area contributed by atoms with Crippen molar-refractivity contribution in [1.82, 2.24) is 9.61 Å². The zero-order valence-electron chi connectivity index (χ0n) is 10.1. The van der Waals surface area contributed by atoms with Gasteiger partial charge in [0.2, 0.25) is 0 Å². The van der Waals surface area contributed by atoms with Crippen molar-refractivity contribution in [2.45, 2.75) is 0 Å². The fourth-order valence-corrected chi connectivity index (χ4v) is 1.98. The highest BCUT2D eigenvalue weighted by molar-refractivity contribution is 6.02.